The number of hydrogen-bond acceptors (Lipinski definition) is 4. The summed E-state index contributed by atoms with van der Waals surface area (Å²) >= 11 is 1.47. The Morgan fingerprint density at radius 1 is 1.18 bits per heavy atom. The van der Waals surface area contributed by atoms with Gasteiger partial charge in [-0.15, -0.1) is 11.3 Å². The SMILES string of the molecule is CN=c1scc(-c2ccc(F)cc2)n1/N=C/c1ccc(C)o1. The van der Waals surface area contributed by atoms with Gasteiger partial charge in [-0.1, -0.05) is 0 Å². The molecule has 0 saturated heterocycles. The van der Waals surface area contributed by atoms with Gasteiger partial charge in [0.2, 0.25) is 4.80 Å². The van der Waals surface area contributed by atoms with Gasteiger partial charge in [-0.05, 0) is 43.3 Å². The highest BCUT2D eigenvalue weighted by Gasteiger charge is 2.07. The van der Waals surface area contributed by atoms with Crippen molar-refractivity contribution in [2.45, 2.75) is 6.92 Å². The normalized spacial score (nSPS) is 12.4. The van der Waals surface area contributed by atoms with Crippen LogP contribution in [0.2, 0.25) is 0 Å². The molecule has 112 valence electrons. The lowest BCUT2D eigenvalue weighted by Crippen LogP contribution is -2.11. The zero-order valence-electron chi connectivity index (χ0n) is 12.2. The first kappa shape index (κ1) is 14.5. The Kier molecular flexibility index (Phi) is 4.02. The van der Waals surface area contributed by atoms with Gasteiger partial charge in [0.25, 0.3) is 0 Å². The number of thiazole rings is 1. The van der Waals surface area contributed by atoms with E-state index >= 15 is 0 Å². The quantitative estimate of drug-likeness (QED) is 0.680. The first-order chi connectivity index (χ1) is 10.7. The molecule has 0 N–H and O–H groups in total. The minimum atomic E-state index is -0.263. The van der Waals surface area contributed by atoms with Crippen molar-refractivity contribution >= 4 is 17.6 Å². The summed E-state index contributed by atoms with van der Waals surface area (Å²) in [7, 11) is 1.71. The molecular formula is C16H14FN3OS. The standard InChI is InChI=1S/C16H14FN3OS/c1-11-3-8-14(21-11)9-19-20-15(10-22-16(20)18-2)12-4-6-13(17)7-5-12/h3-10H,1-2H3/b18-16?,19-9+. The van der Waals surface area contributed by atoms with Crippen molar-refractivity contribution in [2.75, 3.05) is 7.05 Å². The third-order valence-corrected chi connectivity index (χ3v) is 3.99. The molecular weight excluding hydrogens is 301 g/mol. The van der Waals surface area contributed by atoms with Crippen LogP contribution in [0.1, 0.15) is 11.5 Å². The van der Waals surface area contributed by atoms with Crippen LogP contribution in [0.3, 0.4) is 0 Å². The molecule has 0 saturated carbocycles. The van der Waals surface area contributed by atoms with Crippen molar-refractivity contribution in [3.05, 3.63) is 63.9 Å². The van der Waals surface area contributed by atoms with Crippen LogP contribution < -0.4 is 4.80 Å². The number of hydrogen-bond donors (Lipinski definition) is 0. The second-order valence-electron chi connectivity index (χ2n) is 4.64. The lowest BCUT2D eigenvalue weighted by molar-refractivity contribution is 0.527. The van der Waals surface area contributed by atoms with Crippen LogP contribution in [-0.4, -0.2) is 17.9 Å². The molecule has 3 rings (SSSR count). The molecule has 0 aliphatic carbocycles. The molecule has 2 heterocycles. The van der Waals surface area contributed by atoms with E-state index in [0.29, 0.717) is 5.76 Å². The molecule has 0 radical (unpaired) electrons. The highest BCUT2D eigenvalue weighted by molar-refractivity contribution is 7.07. The first-order valence-corrected chi connectivity index (χ1v) is 7.55. The summed E-state index contributed by atoms with van der Waals surface area (Å²) in [6.45, 7) is 1.88. The molecule has 2 aromatic heterocycles. The zero-order valence-corrected chi connectivity index (χ0v) is 13.0. The molecule has 1 aromatic carbocycles. The predicted octanol–water partition coefficient (Wildman–Crippen LogP) is 3.67. The van der Waals surface area contributed by atoms with Crippen LogP contribution in [-0.2, 0) is 0 Å². The van der Waals surface area contributed by atoms with E-state index in [2.05, 4.69) is 10.1 Å². The maximum absolute atomic E-state index is 13.1. The number of benzene rings is 1. The minimum absolute atomic E-state index is 0.263. The Morgan fingerprint density at radius 2 is 1.95 bits per heavy atom. The molecule has 0 spiro atoms. The van der Waals surface area contributed by atoms with Crippen LogP contribution in [0, 0.1) is 12.7 Å². The van der Waals surface area contributed by atoms with Crippen LogP contribution in [0.4, 0.5) is 4.39 Å². The summed E-state index contributed by atoms with van der Waals surface area (Å²) in [6, 6.07) is 10.0. The average molecular weight is 315 g/mol. The molecule has 22 heavy (non-hydrogen) atoms. The third-order valence-electron chi connectivity index (χ3n) is 3.08. The largest absolute Gasteiger partial charge is 0.460 e. The molecule has 3 aromatic rings. The molecule has 0 aliphatic heterocycles. The van der Waals surface area contributed by atoms with E-state index in [9.17, 15) is 4.39 Å². The average Bonchev–Trinajstić information content (AvgIpc) is 3.11. The summed E-state index contributed by atoms with van der Waals surface area (Å²) in [6.07, 6.45) is 1.64. The summed E-state index contributed by atoms with van der Waals surface area (Å²) in [5, 5.41) is 6.38. The number of nitrogens with zero attached hydrogens (tertiary/aromatic N) is 3. The molecule has 4 nitrogen and oxygen atoms in total. The van der Waals surface area contributed by atoms with Gasteiger partial charge in [-0.2, -0.15) is 5.10 Å². The van der Waals surface area contributed by atoms with Crippen LogP contribution in [0.5, 0.6) is 0 Å². The van der Waals surface area contributed by atoms with Crippen LogP contribution in [0.25, 0.3) is 11.3 Å². The number of rotatable bonds is 3. The maximum atomic E-state index is 13.1. The number of halogens is 1. The Hall–Kier alpha value is -2.47. The topological polar surface area (TPSA) is 42.8 Å². The lowest BCUT2D eigenvalue weighted by atomic mass is 10.2. The molecule has 0 atom stereocenters. The minimum Gasteiger partial charge on any atom is -0.460 e. The Morgan fingerprint density at radius 3 is 2.59 bits per heavy atom. The second kappa shape index (κ2) is 6.11. The summed E-state index contributed by atoms with van der Waals surface area (Å²) in [5.41, 5.74) is 1.73. The molecule has 0 amide bonds. The fourth-order valence-corrected chi connectivity index (χ4v) is 2.82. The van der Waals surface area contributed by atoms with E-state index in [1.807, 2.05) is 24.4 Å². The van der Waals surface area contributed by atoms with E-state index in [1.165, 1.54) is 23.5 Å². The number of aromatic nitrogens is 1. The van der Waals surface area contributed by atoms with Gasteiger partial charge < -0.3 is 4.42 Å². The summed E-state index contributed by atoms with van der Waals surface area (Å²) < 4.78 is 20.3. The second-order valence-corrected chi connectivity index (χ2v) is 5.48. The van der Waals surface area contributed by atoms with Gasteiger partial charge in [0.05, 0.1) is 11.9 Å². The van der Waals surface area contributed by atoms with E-state index in [1.54, 1.807) is 30.1 Å². The Labute approximate surface area is 130 Å². The van der Waals surface area contributed by atoms with E-state index in [0.717, 1.165) is 21.8 Å². The van der Waals surface area contributed by atoms with Gasteiger partial charge in [0.15, 0.2) is 0 Å². The van der Waals surface area contributed by atoms with Crippen molar-refractivity contribution in [3.63, 3.8) is 0 Å². The molecule has 6 heteroatoms. The fourth-order valence-electron chi connectivity index (χ4n) is 2.02. The maximum Gasteiger partial charge on any atom is 0.205 e. The highest BCUT2D eigenvalue weighted by atomic mass is 32.1. The van der Waals surface area contributed by atoms with Gasteiger partial charge in [0.1, 0.15) is 17.3 Å². The monoisotopic (exact) mass is 315 g/mol. The van der Waals surface area contributed by atoms with Gasteiger partial charge >= 0.3 is 0 Å². The van der Waals surface area contributed by atoms with Gasteiger partial charge in [0, 0.05) is 18.0 Å². The zero-order chi connectivity index (χ0) is 15.5. The van der Waals surface area contributed by atoms with Gasteiger partial charge in [-0.3, -0.25) is 4.99 Å². The third kappa shape index (κ3) is 2.92. The molecule has 0 fully saturated rings. The van der Waals surface area contributed by atoms with Crippen LogP contribution >= 0.6 is 11.3 Å². The Balaban J connectivity index is 2.04. The van der Waals surface area contributed by atoms with Crippen LogP contribution in [0.15, 0.2) is 56.3 Å². The van der Waals surface area contributed by atoms with Crippen molar-refractivity contribution in [3.8, 4) is 11.3 Å². The molecule has 0 unspecified atom stereocenters. The lowest BCUT2D eigenvalue weighted by Gasteiger charge is -2.02. The predicted molar refractivity (Wildman–Crippen MR) is 85.6 cm³/mol. The number of furan rings is 1. The highest BCUT2D eigenvalue weighted by Crippen LogP contribution is 2.20. The van der Waals surface area contributed by atoms with Gasteiger partial charge in [-0.25, -0.2) is 9.07 Å². The summed E-state index contributed by atoms with van der Waals surface area (Å²) in [5.74, 6) is 1.24. The Bertz CT molecular complexity index is 871. The van der Waals surface area contributed by atoms with Crippen molar-refractivity contribution in [1.82, 2.24) is 4.68 Å². The first-order valence-electron chi connectivity index (χ1n) is 6.67. The molecule has 0 bridgehead atoms. The molecule has 0 aliphatic rings. The fraction of sp³-hybridized carbons (Fsp3) is 0.125. The summed E-state index contributed by atoms with van der Waals surface area (Å²) in [4.78, 5) is 4.96. The van der Waals surface area contributed by atoms with E-state index < -0.39 is 0 Å². The smallest absolute Gasteiger partial charge is 0.205 e. The van der Waals surface area contributed by atoms with Crippen molar-refractivity contribution in [1.29, 1.82) is 0 Å². The van der Waals surface area contributed by atoms with E-state index in [-0.39, 0.29) is 5.82 Å². The van der Waals surface area contributed by atoms with Crippen molar-refractivity contribution < 1.29 is 8.81 Å². The van der Waals surface area contributed by atoms with E-state index in [4.69, 9.17) is 4.42 Å². The van der Waals surface area contributed by atoms with Crippen molar-refractivity contribution in [2.24, 2.45) is 10.1 Å². The number of aryl methyl sites for hydroxylation is 1.